The van der Waals surface area contributed by atoms with Gasteiger partial charge in [-0.25, -0.2) is 9.18 Å². The molecule has 0 radical (unpaired) electrons. The van der Waals surface area contributed by atoms with Crippen LogP contribution >= 0.6 is 15.9 Å². The minimum Gasteiger partial charge on any atom is -0.478 e. The summed E-state index contributed by atoms with van der Waals surface area (Å²) in [5, 5.41) is 11.3. The van der Waals surface area contributed by atoms with E-state index in [2.05, 4.69) is 26.2 Å². The molecular formula is C12H8BrFN2O3. The molecule has 3 N–H and O–H groups in total. The zero-order valence-electron chi connectivity index (χ0n) is 9.41. The standard InChI is InChI=1S/C12H8BrFN2O3/c13-6-4-9(15-5-6)11(17)16-8-3-1-2-7(14)10(8)12(18)19/h1-5,15H,(H,16,17)(H,18,19). The van der Waals surface area contributed by atoms with E-state index in [-0.39, 0.29) is 11.4 Å². The maximum atomic E-state index is 13.4. The summed E-state index contributed by atoms with van der Waals surface area (Å²) in [5.41, 5.74) is -0.433. The van der Waals surface area contributed by atoms with Gasteiger partial charge in [-0.2, -0.15) is 0 Å². The highest BCUT2D eigenvalue weighted by Crippen LogP contribution is 2.20. The Kier molecular flexibility index (Phi) is 3.66. The summed E-state index contributed by atoms with van der Waals surface area (Å²) in [5.74, 6) is -2.90. The van der Waals surface area contributed by atoms with Crippen LogP contribution in [0.5, 0.6) is 0 Å². The van der Waals surface area contributed by atoms with Crippen molar-refractivity contribution in [3.05, 3.63) is 52.0 Å². The molecule has 0 spiro atoms. The van der Waals surface area contributed by atoms with Gasteiger partial charge >= 0.3 is 5.97 Å². The second-order valence-corrected chi connectivity index (χ2v) is 4.57. The summed E-state index contributed by atoms with van der Waals surface area (Å²) in [4.78, 5) is 25.5. The molecule has 0 saturated heterocycles. The highest BCUT2D eigenvalue weighted by Gasteiger charge is 2.18. The molecule has 2 rings (SSSR count). The number of carbonyl (C=O) groups excluding carboxylic acids is 1. The predicted molar refractivity (Wildman–Crippen MR) is 69.8 cm³/mol. The first-order chi connectivity index (χ1) is 8.99. The number of anilines is 1. The van der Waals surface area contributed by atoms with Gasteiger partial charge in [-0.05, 0) is 34.1 Å². The van der Waals surface area contributed by atoms with Gasteiger partial charge in [0.25, 0.3) is 5.91 Å². The summed E-state index contributed by atoms with van der Waals surface area (Å²) in [6, 6.07) is 5.18. The number of rotatable bonds is 3. The lowest BCUT2D eigenvalue weighted by Crippen LogP contribution is -2.16. The largest absolute Gasteiger partial charge is 0.478 e. The van der Waals surface area contributed by atoms with Crippen molar-refractivity contribution in [3.63, 3.8) is 0 Å². The number of hydrogen-bond acceptors (Lipinski definition) is 2. The molecule has 1 amide bonds. The van der Waals surface area contributed by atoms with Crippen LogP contribution in [0.1, 0.15) is 20.8 Å². The van der Waals surface area contributed by atoms with Crippen molar-refractivity contribution in [3.8, 4) is 0 Å². The second kappa shape index (κ2) is 5.23. The van der Waals surface area contributed by atoms with E-state index in [0.717, 1.165) is 6.07 Å². The molecule has 5 nitrogen and oxygen atoms in total. The topological polar surface area (TPSA) is 82.2 Å². The highest BCUT2D eigenvalue weighted by molar-refractivity contribution is 9.10. The number of carbonyl (C=O) groups is 2. The Hall–Kier alpha value is -2.15. The normalized spacial score (nSPS) is 10.2. The highest BCUT2D eigenvalue weighted by atomic mass is 79.9. The Morgan fingerprint density at radius 1 is 1.37 bits per heavy atom. The third-order valence-corrected chi connectivity index (χ3v) is 2.83. The van der Waals surface area contributed by atoms with E-state index in [1.54, 1.807) is 6.20 Å². The molecule has 0 aliphatic rings. The number of halogens is 2. The van der Waals surface area contributed by atoms with Crippen molar-refractivity contribution in [2.24, 2.45) is 0 Å². The van der Waals surface area contributed by atoms with E-state index < -0.39 is 23.3 Å². The first kappa shape index (κ1) is 13.3. The lowest BCUT2D eigenvalue weighted by Gasteiger charge is -2.08. The second-order valence-electron chi connectivity index (χ2n) is 3.65. The molecule has 0 aliphatic carbocycles. The zero-order valence-corrected chi connectivity index (χ0v) is 11.0. The molecule has 1 aromatic carbocycles. The fourth-order valence-electron chi connectivity index (χ4n) is 1.53. The number of hydrogen-bond donors (Lipinski definition) is 3. The molecule has 98 valence electrons. The van der Waals surface area contributed by atoms with Crippen LogP contribution in [0.3, 0.4) is 0 Å². The van der Waals surface area contributed by atoms with E-state index >= 15 is 0 Å². The number of aromatic amines is 1. The molecule has 1 heterocycles. The van der Waals surface area contributed by atoms with Crippen LogP contribution in [0, 0.1) is 5.82 Å². The van der Waals surface area contributed by atoms with Crippen LogP contribution in [0.4, 0.5) is 10.1 Å². The molecule has 0 atom stereocenters. The van der Waals surface area contributed by atoms with E-state index in [1.165, 1.54) is 18.2 Å². The fraction of sp³-hybridized carbons (Fsp3) is 0. The molecular weight excluding hydrogens is 319 g/mol. The van der Waals surface area contributed by atoms with Crippen LogP contribution in [0.2, 0.25) is 0 Å². The Morgan fingerprint density at radius 3 is 2.68 bits per heavy atom. The smallest absolute Gasteiger partial charge is 0.340 e. The Labute approximate surface area is 115 Å². The Morgan fingerprint density at radius 2 is 2.11 bits per heavy atom. The summed E-state index contributed by atoms with van der Waals surface area (Å²) < 4.78 is 14.1. The van der Waals surface area contributed by atoms with Crippen LogP contribution in [0.15, 0.2) is 34.9 Å². The average Bonchev–Trinajstić information content (AvgIpc) is 2.75. The van der Waals surface area contributed by atoms with Gasteiger partial charge in [-0.1, -0.05) is 6.07 Å². The zero-order chi connectivity index (χ0) is 14.0. The molecule has 7 heteroatoms. The van der Waals surface area contributed by atoms with Crippen molar-refractivity contribution in [2.75, 3.05) is 5.32 Å². The number of nitrogens with one attached hydrogen (secondary N) is 2. The van der Waals surface area contributed by atoms with Gasteiger partial charge in [-0.15, -0.1) is 0 Å². The monoisotopic (exact) mass is 326 g/mol. The number of aromatic nitrogens is 1. The van der Waals surface area contributed by atoms with Gasteiger partial charge in [0.2, 0.25) is 0 Å². The quantitative estimate of drug-likeness (QED) is 0.811. The molecule has 0 aliphatic heterocycles. The Balaban J connectivity index is 2.31. The van der Waals surface area contributed by atoms with Gasteiger partial charge in [0.1, 0.15) is 17.1 Å². The predicted octanol–water partition coefficient (Wildman–Crippen LogP) is 2.87. The van der Waals surface area contributed by atoms with Crippen molar-refractivity contribution < 1.29 is 19.1 Å². The van der Waals surface area contributed by atoms with Gasteiger partial charge in [0.15, 0.2) is 0 Å². The first-order valence-electron chi connectivity index (χ1n) is 5.16. The molecule has 0 unspecified atom stereocenters. The molecule has 1 aromatic heterocycles. The maximum absolute atomic E-state index is 13.4. The van der Waals surface area contributed by atoms with Crippen molar-refractivity contribution >= 4 is 33.5 Å². The number of aromatic carboxylic acids is 1. The lowest BCUT2D eigenvalue weighted by atomic mass is 10.1. The molecule has 0 bridgehead atoms. The third-order valence-electron chi connectivity index (χ3n) is 2.37. The molecule has 2 aromatic rings. The SMILES string of the molecule is O=C(Nc1cccc(F)c1C(=O)O)c1cc(Br)c[nH]1. The summed E-state index contributed by atoms with van der Waals surface area (Å²) >= 11 is 3.17. The summed E-state index contributed by atoms with van der Waals surface area (Å²) in [6.07, 6.45) is 1.55. The van der Waals surface area contributed by atoms with Gasteiger partial charge < -0.3 is 15.4 Å². The van der Waals surface area contributed by atoms with E-state index in [1.807, 2.05) is 0 Å². The van der Waals surface area contributed by atoms with Gasteiger partial charge in [0.05, 0.1) is 5.69 Å². The molecule has 19 heavy (non-hydrogen) atoms. The first-order valence-corrected chi connectivity index (χ1v) is 5.95. The fourth-order valence-corrected chi connectivity index (χ4v) is 1.88. The summed E-state index contributed by atoms with van der Waals surface area (Å²) in [7, 11) is 0. The van der Waals surface area contributed by atoms with Gasteiger partial charge in [0, 0.05) is 10.7 Å². The van der Waals surface area contributed by atoms with E-state index in [9.17, 15) is 14.0 Å². The van der Waals surface area contributed by atoms with Crippen LogP contribution in [-0.2, 0) is 0 Å². The number of amides is 1. The third kappa shape index (κ3) is 2.82. The van der Waals surface area contributed by atoms with E-state index in [0.29, 0.717) is 4.47 Å². The van der Waals surface area contributed by atoms with Gasteiger partial charge in [-0.3, -0.25) is 4.79 Å². The van der Waals surface area contributed by atoms with Crippen LogP contribution in [-0.4, -0.2) is 22.0 Å². The average molecular weight is 327 g/mol. The molecule has 0 fully saturated rings. The van der Waals surface area contributed by atoms with Crippen molar-refractivity contribution in [2.45, 2.75) is 0 Å². The Bertz CT molecular complexity index is 654. The molecule has 0 saturated carbocycles. The van der Waals surface area contributed by atoms with Crippen LogP contribution in [0.25, 0.3) is 0 Å². The minimum absolute atomic E-state index is 0.0942. The summed E-state index contributed by atoms with van der Waals surface area (Å²) in [6.45, 7) is 0. The number of benzene rings is 1. The lowest BCUT2D eigenvalue weighted by molar-refractivity contribution is 0.0693. The van der Waals surface area contributed by atoms with E-state index in [4.69, 9.17) is 5.11 Å². The van der Waals surface area contributed by atoms with Crippen molar-refractivity contribution in [1.29, 1.82) is 0 Å². The van der Waals surface area contributed by atoms with Crippen LogP contribution < -0.4 is 5.32 Å². The number of carboxylic acids is 1. The number of carboxylic acid groups (broad SMARTS) is 1. The minimum atomic E-state index is -1.44. The van der Waals surface area contributed by atoms with Crippen molar-refractivity contribution in [1.82, 2.24) is 4.98 Å². The maximum Gasteiger partial charge on any atom is 0.340 e. The number of H-pyrrole nitrogens is 1.